The number of carbonyl (C=O) groups is 1. The Morgan fingerprint density at radius 1 is 0.925 bits per heavy atom. The van der Waals surface area contributed by atoms with Gasteiger partial charge in [-0.05, 0) is 67.7 Å². The van der Waals surface area contributed by atoms with E-state index in [2.05, 4.69) is 21.3 Å². The second kappa shape index (κ2) is 11.7. The van der Waals surface area contributed by atoms with Crippen LogP contribution in [0.25, 0.3) is 10.9 Å². The highest BCUT2D eigenvalue weighted by Gasteiger charge is 2.20. The van der Waals surface area contributed by atoms with E-state index in [-0.39, 0.29) is 18.3 Å². The number of hydrogen-bond acceptors (Lipinski definition) is 5. The number of fused-ring (bicyclic) bond motifs is 1. The van der Waals surface area contributed by atoms with Crippen LogP contribution in [0.15, 0.2) is 102 Å². The molecule has 0 fully saturated rings. The van der Waals surface area contributed by atoms with Gasteiger partial charge in [-0.3, -0.25) is 4.79 Å². The first-order valence-electron chi connectivity index (χ1n) is 12.9. The third-order valence-corrected chi connectivity index (χ3v) is 6.51. The zero-order chi connectivity index (χ0) is 28.1. The Balaban J connectivity index is 1.52. The standard InChI is InChI=1S/C33H29N5O2/c1-38(2)21-22-11-14-27(15-12-22)36-31(25-9-4-3-5-10-25)30-28-18-26(13-16-29(28)37-33(30)40)32(39)35-20-24-8-6-7-23(17-24)19-34/h3-18,37,40H,20-21H2,1-2H3,(H,35,39). The minimum Gasteiger partial charge on any atom is -0.494 e. The lowest BCUT2D eigenvalue weighted by molar-refractivity contribution is 0.0951. The zero-order valence-electron chi connectivity index (χ0n) is 22.3. The van der Waals surface area contributed by atoms with Gasteiger partial charge in [0.05, 0.1) is 28.6 Å². The van der Waals surface area contributed by atoms with Crippen LogP contribution in [-0.4, -0.2) is 40.7 Å². The number of hydrogen-bond donors (Lipinski definition) is 3. The van der Waals surface area contributed by atoms with Gasteiger partial charge in [-0.2, -0.15) is 5.26 Å². The molecule has 7 heteroatoms. The fourth-order valence-corrected chi connectivity index (χ4v) is 4.62. The van der Waals surface area contributed by atoms with E-state index in [0.717, 1.165) is 23.4 Å². The van der Waals surface area contributed by atoms with E-state index < -0.39 is 0 Å². The number of rotatable bonds is 8. The molecule has 198 valence electrons. The topological polar surface area (TPSA) is 105 Å². The van der Waals surface area contributed by atoms with E-state index in [4.69, 9.17) is 10.3 Å². The van der Waals surface area contributed by atoms with Crippen molar-refractivity contribution in [3.05, 3.63) is 130 Å². The summed E-state index contributed by atoms with van der Waals surface area (Å²) >= 11 is 0. The number of carbonyl (C=O) groups excluding carboxylic acids is 1. The molecule has 1 aromatic heterocycles. The van der Waals surface area contributed by atoms with Crippen molar-refractivity contribution in [3.63, 3.8) is 0 Å². The predicted molar refractivity (Wildman–Crippen MR) is 158 cm³/mol. The largest absolute Gasteiger partial charge is 0.494 e. The summed E-state index contributed by atoms with van der Waals surface area (Å²) in [6, 6.07) is 32.2. The maximum atomic E-state index is 13.1. The lowest BCUT2D eigenvalue weighted by Crippen LogP contribution is -2.22. The van der Waals surface area contributed by atoms with Gasteiger partial charge < -0.3 is 20.3 Å². The molecular weight excluding hydrogens is 498 g/mol. The quantitative estimate of drug-likeness (QED) is 0.218. The van der Waals surface area contributed by atoms with Crippen LogP contribution in [0.4, 0.5) is 5.69 Å². The Kier molecular flexibility index (Phi) is 7.72. The van der Waals surface area contributed by atoms with Crippen LogP contribution in [0.5, 0.6) is 5.88 Å². The zero-order valence-corrected chi connectivity index (χ0v) is 22.3. The molecule has 4 aromatic carbocycles. The van der Waals surface area contributed by atoms with Gasteiger partial charge in [0.2, 0.25) is 0 Å². The highest BCUT2D eigenvalue weighted by molar-refractivity contribution is 6.22. The number of aromatic hydroxyl groups is 1. The molecule has 0 aliphatic rings. The normalized spacial score (nSPS) is 11.5. The van der Waals surface area contributed by atoms with Gasteiger partial charge in [-0.15, -0.1) is 0 Å². The first kappa shape index (κ1) is 26.4. The molecule has 0 spiro atoms. The van der Waals surface area contributed by atoms with Crippen molar-refractivity contribution in [2.75, 3.05) is 14.1 Å². The summed E-state index contributed by atoms with van der Waals surface area (Å²) in [5.41, 5.74) is 6.40. The number of aliphatic imine (C=N–C) groups is 1. The van der Waals surface area contributed by atoms with Crippen LogP contribution in [0.2, 0.25) is 0 Å². The van der Waals surface area contributed by atoms with E-state index >= 15 is 0 Å². The van der Waals surface area contributed by atoms with Gasteiger partial charge in [-0.25, -0.2) is 4.99 Å². The smallest absolute Gasteiger partial charge is 0.251 e. The molecule has 1 heterocycles. The Morgan fingerprint density at radius 3 is 2.42 bits per heavy atom. The van der Waals surface area contributed by atoms with Crippen LogP contribution >= 0.6 is 0 Å². The minimum atomic E-state index is -0.259. The summed E-state index contributed by atoms with van der Waals surface area (Å²) in [7, 11) is 4.06. The van der Waals surface area contributed by atoms with Gasteiger partial charge in [0, 0.05) is 35.1 Å². The summed E-state index contributed by atoms with van der Waals surface area (Å²) in [6.45, 7) is 1.12. The van der Waals surface area contributed by atoms with Gasteiger partial charge in [-0.1, -0.05) is 54.6 Å². The number of nitrogens with zero attached hydrogens (tertiary/aromatic N) is 3. The number of H-pyrrole nitrogens is 1. The van der Waals surface area contributed by atoms with Crippen molar-refractivity contribution in [1.29, 1.82) is 5.26 Å². The number of nitriles is 1. The number of aromatic nitrogens is 1. The van der Waals surface area contributed by atoms with E-state index in [0.29, 0.717) is 33.3 Å². The average molecular weight is 528 g/mol. The first-order valence-corrected chi connectivity index (χ1v) is 12.9. The Labute approximate surface area is 233 Å². The van der Waals surface area contributed by atoms with Crippen molar-refractivity contribution in [3.8, 4) is 11.9 Å². The molecule has 0 aliphatic carbocycles. The summed E-state index contributed by atoms with van der Waals surface area (Å²) in [5, 5.41) is 23.8. The third kappa shape index (κ3) is 5.93. The fourth-order valence-electron chi connectivity index (χ4n) is 4.62. The van der Waals surface area contributed by atoms with Crippen LogP contribution < -0.4 is 5.32 Å². The molecule has 0 radical (unpaired) electrons. The number of amides is 1. The average Bonchev–Trinajstić information content (AvgIpc) is 3.30. The van der Waals surface area contributed by atoms with Crippen LogP contribution in [0.3, 0.4) is 0 Å². The number of nitrogens with one attached hydrogen (secondary N) is 2. The molecule has 1 amide bonds. The molecule has 0 aliphatic heterocycles. The highest BCUT2D eigenvalue weighted by Crippen LogP contribution is 2.32. The molecular formula is C33H29N5O2. The van der Waals surface area contributed by atoms with E-state index in [1.54, 1.807) is 36.4 Å². The monoisotopic (exact) mass is 527 g/mol. The van der Waals surface area contributed by atoms with Gasteiger partial charge in [0.1, 0.15) is 0 Å². The van der Waals surface area contributed by atoms with Crippen molar-refractivity contribution >= 4 is 28.2 Å². The number of benzene rings is 4. The van der Waals surface area contributed by atoms with Crippen LogP contribution in [0, 0.1) is 11.3 Å². The molecule has 5 rings (SSSR count). The highest BCUT2D eigenvalue weighted by atomic mass is 16.3. The first-order chi connectivity index (χ1) is 19.4. The van der Waals surface area contributed by atoms with Crippen molar-refractivity contribution in [2.45, 2.75) is 13.1 Å². The molecule has 40 heavy (non-hydrogen) atoms. The second-order valence-corrected chi connectivity index (χ2v) is 9.83. The van der Waals surface area contributed by atoms with Crippen LogP contribution in [-0.2, 0) is 13.1 Å². The lowest BCUT2D eigenvalue weighted by Gasteiger charge is -2.11. The Hall–Kier alpha value is -5.19. The molecule has 0 atom stereocenters. The summed E-state index contributed by atoms with van der Waals surface area (Å²) in [6.07, 6.45) is 0. The van der Waals surface area contributed by atoms with Crippen LogP contribution in [0.1, 0.15) is 38.2 Å². The summed E-state index contributed by atoms with van der Waals surface area (Å²) in [5.74, 6) is -0.279. The summed E-state index contributed by atoms with van der Waals surface area (Å²) < 4.78 is 0. The summed E-state index contributed by atoms with van der Waals surface area (Å²) in [4.78, 5) is 23.2. The molecule has 0 bridgehead atoms. The molecule has 3 N–H and O–H groups in total. The van der Waals surface area contributed by atoms with Crippen molar-refractivity contribution in [2.24, 2.45) is 4.99 Å². The minimum absolute atomic E-state index is 0.0206. The molecule has 5 aromatic rings. The van der Waals surface area contributed by atoms with E-state index in [1.165, 1.54) is 5.56 Å². The molecule has 0 saturated carbocycles. The number of aromatic amines is 1. The van der Waals surface area contributed by atoms with E-state index in [9.17, 15) is 9.90 Å². The van der Waals surface area contributed by atoms with Crippen molar-refractivity contribution in [1.82, 2.24) is 15.2 Å². The Bertz CT molecular complexity index is 1730. The second-order valence-electron chi connectivity index (χ2n) is 9.83. The van der Waals surface area contributed by atoms with Gasteiger partial charge in [0.25, 0.3) is 5.91 Å². The fraction of sp³-hybridized carbons (Fsp3) is 0.121. The van der Waals surface area contributed by atoms with Gasteiger partial charge >= 0.3 is 0 Å². The molecule has 0 saturated heterocycles. The lowest BCUT2D eigenvalue weighted by atomic mass is 9.99. The molecule has 7 nitrogen and oxygen atoms in total. The van der Waals surface area contributed by atoms with Crippen molar-refractivity contribution < 1.29 is 9.90 Å². The predicted octanol–water partition coefficient (Wildman–Crippen LogP) is 5.91. The maximum absolute atomic E-state index is 13.1. The Morgan fingerprint density at radius 2 is 1.70 bits per heavy atom. The maximum Gasteiger partial charge on any atom is 0.251 e. The third-order valence-electron chi connectivity index (χ3n) is 6.51. The van der Waals surface area contributed by atoms with Gasteiger partial charge in [0.15, 0.2) is 5.88 Å². The molecule has 0 unspecified atom stereocenters. The SMILES string of the molecule is CN(C)Cc1ccc(N=C(c2ccccc2)c2c(O)[nH]c3ccc(C(=O)NCc4cccc(C#N)c4)cc23)cc1. The van der Waals surface area contributed by atoms with E-state index in [1.807, 2.05) is 74.8 Å².